The predicted molar refractivity (Wildman–Crippen MR) is 265 cm³/mol. The van der Waals surface area contributed by atoms with Crippen molar-refractivity contribution >= 4 is 57.2 Å². The molecular weight excluding hydrogens is 1040 g/mol. The number of aryl methyl sites for hydroxylation is 4. The zero-order chi connectivity index (χ0) is 53.2. The topological polar surface area (TPSA) is 170 Å². The maximum absolute atomic E-state index is 15.9. The maximum atomic E-state index is 15.9. The van der Waals surface area contributed by atoms with Gasteiger partial charge in [0.2, 0.25) is 11.9 Å². The van der Waals surface area contributed by atoms with E-state index < -0.39 is 60.5 Å². The van der Waals surface area contributed by atoms with Gasteiger partial charge in [-0.3, -0.25) is 37.9 Å². The van der Waals surface area contributed by atoms with E-state index in [0.29, 0.717) is 17.0 Å². The van der Waals surface area contributed by atoms with E-state index >= 15 is 8.78 Å². The quantitative estimate of drug-likeness (QED) is 0.118. The average molecular weight is 1080 g/mol. The van der Waals surface area contributed by atoms with Crippen molar-refractivity contribution in [2.24, 2.45) is 21.1 Å². The Morgan fingerprint density at radius 3 is 1.75 bits per heavy atom. The third-order valence-electron chi connectivity index (χ3n) is 13.5. The lowest BCUT2D eigenvalue weighted by Gasteiger charge is -2.41. The molecule has 2 aromatic carbocycles. The van der Waals surface area contributed by atoms with Crippen LogP contribution in [0.3, 0.4) is 0 Å². The normalized spacial score (nSPS) is 17.1. The number of anilines is 2. The van der Waals surface area contributed by atoms with Crippen LogP contribution in [0.25, 0.3) is 44.6 Å². The highest BCUT2D eigenvalue weighted by atomic mass is 35.5. The summed E-state index contributed by atoms with van der Waals surface area (Å²) in [4.78, 5) is 62.3. The number of piperazine rings is 2. The molecule has 2 unspecified atom stereocenters. The Bertz CT molecular complexity index is 3620. The predicted octanol–water partition coefficient (Wildman–Crippen LogP) is 6.71. The Balaban J connectivity index is 0.961. The smallest absolute Gasteiger partial charge is 0.338 e. The molecule has 0 bridgehead atoms. The highest BCUT2D eigenvalue weighted by Gasteiger charge is 2.39. The number of rotatable bonds is 12. The van der Waals surface area contributed by atoms with Crippen molar-refractivity contribution in [3.8, 4) is 22.5 Å². The summed E-state index contributed by atoms with van der Waals surface area (Å²) in [6.07, 6.45) is -0.764. The number of hydrogen-bond donors (Lipinski definition) is 0. The monoisotopic (exact) mass is 1080 g/mol. The first-order valence-electron chi connectivity index (χ1n) is 23.5. The number of aromatic nitrogens is 12. The molecule has 0 aliphatic carbocycles. The van der Waals surface area contributed by atoms with Gasteiger partial charge < -0.3 is 9.80 Å². The van der Waals surface area contributed by atoms with E-state index in [1.807, 2.05) is 0 Å². The summed E-state index contributed by atoms with van der Waals surface area (Å²) in [5.74, 6) is -0.873. The van der Waals surface area contributed by atoms with Crippen molar-refractivity contribution in [2.45, 2.75) is 44.6 Å². The zero-order valence-corrected chi connectivity index (χ0v) is 42.0. The van der Waals surface area contributed by atoms with Crippen molar-refractivity contribution in [2.75, 3.05) is 62.2 Å². The molecule has 0 radical (unpaired) electrons. The number of benzene rings is 2. The van der Waals surface area contributed by atoms with Gasteiger partial charge in [0.15, 0.2) is 11.0 Å². The minimum Gasteiger partial charge on any atom is -0.338 e. The second-order valence-corrected chi connectivity index (χ2v) is 19.3. The number of nitrogens with zero attached hydrogens (tertiary/aromatic N) is 16. The maximum Gasteiger partial charge on any atom is 0.401 e. The Kier molecular flexibility index (Phi) is 13.9. The summed E-state index contributed by atoms with van der Waals surface area (Å²) in [5, 5.41) is 8.95. The molecule has 2 atom stereocenters. The lowest BCUT2D eigenvalue weighted by Crippen LogP contribution is -2.51. The first-order valence-corrected chi connectivity index (χ1v) is 24.2. The summed E-state index contributed by atoms with van der Waals surface area (Å²) >= 11 is 12.2. The van der Waals surface area contributed by atoms with Crippen molar-refractivity contribution in [3.63, 3.8) is 0 Å². The first-order chi connectivity index (χ1) is 35.7. The lowest BCUT2D eigenvalue weighted by molar-refractivity contribution is -0.152. The van der Waals surface area contributed by atoms with Gasteiger partial charge in [-0.2, -0.15) is 23.4 Å². The van der Waals surface area contributed by atoms with Gasteiger partial charge in [0, 0.05) is 118 Å². The van der Waals surface area contributed by atoms with Gasteiger partial charge >= 0.3 is 6.18 Å². The molecule has 75 heavy (non-hydrogen) atoms. The van der Waals surface area contributed by atoms with Gasteiger partial charge in [0.05, 0.1) is 37.6 Å². The second-order valence-electron chi connectivity index (χ2n) is 18.4. The molecule has 0 saturated carbocycles. The fraction of sp³-hybridized carbons (Fsp3) is 0.375. The van der Waals surface area contributed by atoms with E-state index in [0.717, 1.165) is 12.1 Å². The largest absolute Gasteiger partial charge is 0.401 e. The Morgan fingerprint density at radius 1 is 0.667 bits per heavy atom. The van der Waals surface area contributed by atoms with Crippen LogP contribution in [0.5, 0.6) is 0 Å². The van der Waals surface area contributed by atoms with Crippen LogP contribution in [-0.4, -0.2) is 133 Å². The Morgan fingerprint density at radius 2 is 1.20 bits per heavy atom. The van der Waals surface area contributed by atoms with Crippen LogP contribution in [0.1, 0.15) is 34.9 Å². The van der Waals surface area contributed by atoms with Gasteiger partial charge in [-0.25, -0.2) is 47.5 Å². The van der Waals surface area contributed by atoms with Crippen LogP contribution in [0.15, 0.2) is 70.8 Å². The summed E-state index contributed by atoms with van der Waals surface area (Å²) in [6, 6.07) is 6.46. The lowest BCUT2D eigenvalue weighted by atomic mass is 10.1. The van der Waals surface area contributed by atoms with Crippen LogP contribution in [-0.2, 0) is 34.1 Å². The molecule has 0 spiro atoms. The Labute approximate surface area is 431 Å². The van der Waals surface area contributed by atoms with Crippen LogP contribution >= 0.6 is 23.2 Å². The van der Waals surface area contributed by atoms with Crippen LogP contribution < -0.4 is 20.9 Å². The van der Waals surface area contributed by atoms with Crippen molar-refractivity contribution < 1.29 is 30.7 Å². The minimum absolute atomic E-state index is 0.0192. The molecule has 6 aromatic heterocycles. The molecule has 2 aliphatic rings. The first kappa shape index (κ1) is 51.4. The molecular formula is C48H45Cl2F7N16O2. The van der Waals surface area contributed by atoms with Gasteiger partial charge in [-0.1, -0.05) is 23.2 Å². The van der Waals surface area contributed by atoms with Crippen molar-refractivity contribution in [1.29, 1.82) is 0 Å². The van der Waals surface area contributed by atoms with Crippen LogP contribution in [0.4, 0.5) is 42.6 Å². The molecule has 2 aliphatic heterocycles. The molecule has 0 amide bonds. The summed E-state index contributed by atoms with van der Waals surface area (Å²) in [7, 11) is 4.67. The van der Waals surface area contributed by atoms with Gasteiger partial charge in [0.1, 0.15) is 45.7 Å². The number of hydrogen-bond acceptors (Lipinski definition) is 14. The summed E-state index contributed by atoms with van der Waals surface area (Å²) in [6.45, 7) is 0.324. The minimum atomic E-state index is -4.49. The number of alkyl halides is 5. The number of halogens is 9. The molecule has 8 aromatic rings. The summed E-state index contributed by atoms with van der Waals surface area (Å²) < 4.78 is 107. The SMILES string of the molecule is Cc1nc2c(-c3ccc(Cl)cc3F)nc(N3CCN(CC(F)F)C(c4cnn(CCc5nc6c(-c7ccc(Cl)cc7F)nc(N7CCN(CC(F)(F)F)C(c8cnn(C)c8)C7)nc6c(=O)n5C)c4)C3)nc2c(=O)n1C. The zero-order valence-electron chi connectivity index (χ0n) is 40.5. The third kappa shape index (κ3) is 10.4. The van der Waals surface area contributed by atoms with Crippen LogP contribution in [0, 0.1) is 18.6 Å². The fourth-order valence-corrected chi connectivity index (χ4v) is 9.93. The third-order valence-corrected chi connectivity index (χ3v) is 14.0. The fourth-order valence-electron chi connectivity index (χ4n) is 9.62. The van der Waals surface area contributed by atoms with E-state index in [2.05, 4.69) is 25.1 Å². The van der Waals surface area contributed by atoms with E-state index in [1.165, 1.54) is 69.5 Å². The second kappa shape index (κ2) is 20.2. The Hall–Kier alpha value is -7.09. The standard InChI is InChI=1S/C48H45Cl2F7N16O2/c1-25-60-40-38(30-7-5-28(49)15-32(30)51)62-46(64-42(40)44(74)67(25)3)70-12-11-69(23-36(53)54)34(21-70)27-18-59-73(20-27)10-9-37-61-41-39(31-8-6-29(50)16-33(31)52)63-47(65-43(41)45(75)68(37)4)71-13-14-72(24-48(55,56)57)35(22-71)26-17-58-66(2)19-26/h5-8,15-20,34-36H,9-14,21-24H2,1-4H3. The molecule has 8 heterocycles. The molecule has 27 heteroatoms. The van der Waals surface area contributed by atoms with Gasteiger partial charge in [-0.05, 0) is 43.3 Å². The van der Waals surface area contributed by atoms with Gasteiger partial charge in [-0.15, -0.1) is 0 Å². The van der Waals surface area contributed by atoms with Gasteiger partial charge in [0.25, 0.3) is 17.5 Å². The average Bonchev–Trinajstić information content (AvgIpc) is 4.03. The molecule has 2 saturated heterocycles. The summed E-state index contributed by atoms with van der Waals surface area (Å²) in [5.41, 5.74) is -0.249. The van der Waals surface area contributed by atoms with E-state index in [1.54, 1.807) is 45.7 Å². The molecule has 0 N–H and O–H groups in total. The molecule has 2 fully saturated rings. The molecule has 18 nitrogen and oxygen atoms in total. The van der Waals surface area contributed by atoms with E-state index in [-0.39, 0.29) is 125 Å². The van der Waals surface area contributed by atoms with Crippen LogP contribution in [0.2, 0.25) is 10.0 Å². The molecule has 392 valence electrons. The van der Waals surface area contributed by atoms with E-state index in [9.17, 15) is 31.5 Å². The number of fused-ring (bicyclic) bond motifs is 2. The van der Waals surface area contributed by atoms with E-state index in [4.69, 9.17) is 38.2 Å². The van der Waals surface area contributed by atoms with Crippen molar-refractivity contribution in [3.05, 3.63) is 126 Å². The molecule has 10 rings (SSSR count). The van der Waals surface area contributed by atoms with Crippen molar-refractivity contribution in [1.82, 2.24) is 68.4 Å². The highest BCUT2D eigenvalue weighted by Crippen LogP contribution is 2.36. The highest BCUT2D eigenvalue weighted by molar-refractivity contribution is 6.31.